The monoisotopic (exact) mass is 331 g/mol. The molecule has 1 aromatic rings. The van der Waals surface area contributed by atoms with Crippen LogP contribution in [0.3, 0.4) is 0 Å². The van der Waals surface area contributed by atoms with Gasteiger partial charge in [-0.1, -0.05) is 0 Å². The number of nitrogens with zero attached hydrogens (tertiary/aromatic N) is 1. The van der Waals surface area contributed by atoms with Gasteiger partial charge in [-0.2, -0.15) is 0 Å². The summed E-state index contributed by atoms with van der Waals surface area (Å²) in [6.07, 6.45) is -2.65. The predicted octanol–water partition coefficient (Wildman–Crippen LogP) is 2.39. The molecule has 0 bridgehead atoms. The summed E-state index contributed by atoms with van der Waals surface area (Å²) in [7, 11) is 0. The van der Waals surface area contributed by atoms with Crippen molar-refractivity contribution in [1.29, 1.82) is 0 Å². The molecule has 3 nitrogen and oxygen atoms in total. The minimum atomic E-state index is -2.98. The van der Waals surface area contributed by atoms with Crippen LogP contribution in [0.15, 0.2) is 6.20 Å². The van der Waals surface area contributed by atoms with E-state index in [0.717, 1.165) is 6.20 Å². The van der Waals surface area contributed by atoms with E-state index < -0.39 is 35.9 Å². The molecule has 7 heteroatoms. The number of aromatic nitrogens is 1. The molecule has 0 aliphatic carbocycles. The van der Waals surface area contributed by atoms with Gasteiger partial charge in [-0.3, -0.25) is 9.78 Å². The first-order valence-electron chi connectivity index (χ1n) is 3.76. The topological polar surface area (TPSA) is 50.2 Å². The van der Waals surface area contributed by atoms with Gasteiger partial charge in [0, 0.05) is 9.77 Å². The second-order valence-electron chi connectivity index (χ2n) is 2.65. The average Bonchev–Trinajstić information content (AvgIpc) is 2.09. The third-order valence-corrected chi connectivity index (χ3v) is 2.48. The largest absolute Gasteiger partial charge is 0.481 e. The van der Waals surface area contributed by atoms with Gasteiger partial charge in [-0.25, -0.2) is 13.2 Å². The average molecular weight is 331 g/mol. The summed E-state index contributed by atoms with van der Waals surface area (Å²) in [6.45, 7) is 0. The minimum Gasteiger partial charge on any atom is -0.481 e. The Labute approximate surface area is 96.5 Å². The molecule has 0 spiro atoms. The summed E-state index contributed by atoms with van der Waals surface area (Å²) in [5.74, 6) is -2.55. The Bertz CT molecular complexity index is 398. The highest BCUT2D eigenvalue weighted by molar-refractivity contribution is 14.1. The van der Waals surface area contributed by atoms with Gasteiger partial charge < -0.3 is 5.11 Å². The zero-order valence-corrected chi connectivity index (χ0v) is 9.33. The molecule has 0 fully saturated rings. The number of alkyl halides is 2. The number of carboxylic acid groups (broad SMARTS) is 1. The lowest BCUT2D eigenvalue weighted by Crippen LogP contribution is -2.09. The maximum atomic E-state index is 13.3. The van der Waals surface area contributed by atoms with E-state index in [2.05, 4.69) is 4.98 Å². The van der Waals surface area contributed by atoms with Crippen LogP contribution in [-0.2, 0) is 11.2 Å². The molecule has 0 saturated carbocycles. The Kier molecular flexibility index (Phi) is 3.89. The van der Waals surface area contributed by atoms with Gasteiger partial charge in [-0.05, 0) is 22.6 Å². The fourth-order valence-electron chi connectivity index (χ4n) is 0.988. The molecule has 82 valence electrons. The number of rotatable bonds is 3. The fourth-order valence-corrected chi connectivity index (χ4v) is 1.60. The van der Waals surface area contributed by atoms with Gasteiger partial charge in [0.15, 0.2) is 5.82 Å². The van der Waals surface area contributed by atoms with Gasteiger partial charge >= 0.3 is 5.97 Å². The van der Waals surface area contributed by atoms with Crippen molar-refractivity contribution < 1.29 is 23.1 Å². The van der Waals surface area contributed by atoms with Crippen LogP contribution in [0.2, 0.25) is 0 Å². The van der Waals surface area contributed by atoms with Crippen LogP contribution in [0.25, 0.3) is 0 Å². The van der Waals surface area contributed by atoms with Crippen molar-refractivity contribution in [2.24, 2.45) is 0 Å². The highest BCUT2D eigenvalue weighted by Gasteiger charge is 2.22. The van der Waals surface area contributed by atoms with Gasteiger partial charge in [0.25, 0.3) is 6.43 Å². The predicted molar refractivity (Wildman–Crippen MR) is 53.2 cm³/mol. The molecule has 0 aliphatic heterocycles. The second kappa shape index (κ2) is 4.77. The van der Waals surface area contributed by atoms with Gasteiger partial charge in [0.1, 0.15) is 0 Å². The highest BCUT2D eigenvalue weighted by Crippen LogP contribution is 2.28. The number of halogens is 4. The summed E-state index contributed by atoms with van der Waals surface area (Å²) in [5.41, 5.74) is -1.26. The van der Waals surface area contributed by atoms with E-state index in [0.29, 0.717) is 0 Å². The smallest absolute Gasteiger partial charge is 0.309 e. The van der Waals surface area contributed by atoms with E-state index in [1.807, 2.05) is 0 Å². The van der Waals surface area contributed by atoms with E-state index in [9.17, 15) is 18.0 Å². The highest BCUT2D eigenvalue weighted by atomic mass is 127. The maximum absolute atomic E-state index is 13.3. The van der Waals surface area contributed by atoms with Crippen molar-refractivity contribution in [3.05, 3.63) is 26.8 Å². The molecule has 0 amide bonds. The second-order valence-corrected chi connectivity index (χ2v) is 3.81. The zero-order valence-electron chi connectivity index (χ0n) is 7.18. The fraction of sp³-hybridized carbons (Fsp3) is 0.250. The van der Waals surface area contributed by atoms with Crippen LogP contribution in [0.5, 0.6) is 0 Å². The molecule has 0 aromatic carbocycles. The van der Waals surface area contributed by atoms with E-state index in [1.54, 1.807) is 0 Å². The molecule has 1 N–H and O–H groups in total. The first-order chi connectivity index (χ1) is 6.93. The van der Waals surface area contributed by atoms with Crippen molar-refractivity contribution in [3.63, 3.8) is 0 Å². The molecule has 1 aromatic heterocycles. The number of hydrogen-bond acceptors (Lipinski definition) is 2. The van der Waals surface area contributed by atoms with Crippen LogP contribution in [0, 0.1) is 9.39 Å². The summed E-state index contributed by atoms with van der Waals surface area (Å²) in [5, 5.41) is 8.39. The summed E-state index contributed by atoms with van der Waals surface area (Å²) < 4.78 is 38.1. The molecule has 0 atom stereocenters. The lowest BCUT2D eigenvalue weighted by molar-refractivity contribution is -0.136. The van der Waals surface area contributed by atoms with Crippen LogP contribution in [0.4, 0.5) is 13.2 Å². The molecule has 0 aliphatic rings. The molecule has 0 radical (unpaired) electrons. The van der Waals surface area contributed by atoms with Crippen molar-refractivity contribution in [3.8, 4) is 0 Å². The molecule has 1 heterocycles. The quantitative estimate of drug-likeness (QED) is 0.866. The van der Waals surface area contributed by atoms with Crippen LogP contribution in [-0.4, -0.2) is 16.1 Å². The Morgan fingerprint density at radius 1 is 1.60 bits per heavy atom. The number of hydrogen-bond donors (Lipinski definition) is 1. The van der Waals surface area contributed by atoms with Crippen LogP contribution < -0.4 is 0 Å². The van der Waals surface area contributed by atoms with E-state index in [4.69, 9.17) is 5.11 Å². The van der Waals surface area contributed by atoms with Crippen molar-refractivity contribution in [2.75, 3.05) is 0 Å². The van der Waals surface area contributed by atoms with Crippen LogP contribution in [0.1, 0.15) is 17.7 Å². The van der Waals surface area contributed by atoms with E-state index in [-0.39, 0.29) is 3.57 Å². The number of aliphatic carboxylic acids is 1. The third-order valence-electron chi connectivity index (χ3n) is 1.62. The van der Waals surface area contributed by atoms with Crippen LogP contribution >= 0.6 is 22.6 Å². The lowest BCUT2D eigenvalue weighted by Gasteiger charge is -2.07. The lowest BCUT2D eigenvalue weighted by atomic mass is 10.2. The van der Waals surface area contributed by atoms with E-state index in [1.165, 1.54) is 22.6 Å². The third kappa shape index (κ3) is 2.80. The van der Waals surface area contributed by atoms with E-state index >= 15 is 0 Å². The molecule has 0 saturated heterocycles. The zero-order chi connectivity index (χ0) is 11.6. The molecule has 1 rings (SSSR count). The standard InChI is InChI=1S/C8H5F3INO2/c9-7-4(1-5(14)15)13-2-3(12)6(7)8(10)11/h2,8H,1H2,(H,14,15). The molecule has 15 heavy (non-hydrogen) atoms. The minimum absolute atomic E-state index is 0.0192. The Hall–Kier alpha value is -0.860. The van der Waals surface area contributed by atoms with Crippen molar-refractivity contribution >= 4 is 28.6 Å². The van der Waals surface area contributed by atoms with Crippen molar-refractivity contribution in [2.45, 2.75) is 12.8 Å². The number of carboxylic acids is 1. The molecule has 0 unspecified atom stereocenters. The SMILES string of the molecule is O=C(O)Cc1ncc(I)c(C(F)F)c1F. The maximum Gasteiger partial charge on any atom is 0.309 e. The summed E-state index contributed by atoms with van der Waals surface area (Å²) >= 11 is 1.52. The van der Waals surface area contributed by atoms with Gasteiger partial charge in [-0.15, -0.1) is 0 Å². The Morgan fingerprint density at radius 2 is 2.20 bits per heavy atom. The van der Waals surface area contributed by atoms with Gasteiger partial charge in [0.2, 0.25) is 0 Å². The number of pyridine rings is 1. The Morgan fingerprint density at radius 3 is 2.67 bits per heavy atom. The van der Waals surface area contributed by atoms with Gasteiger partial charge in [0.05, 0.1) is 17.7 Å². The first-order valence-corrected chi connectivity index (χ1v) is 4.84. The number of carbonyl (C=O) groups is 1. The normalized spacial score (nSPS) is 10.7. The van der Waals surface area contributed by atoms with Crippen molar-refractivity contribution in [1.82, 2.24) is 4.98 Å². The summed E-state index contributed by atoms with van der Waals surface area (Å²) in [6, 6.07) is 0. The molecular formula is C8H5F3INO2. The Balaban J connectivity index is 3.22. The molecular weight excluding hydrogens is 326 g/mol. The summed E-state index contributed by atoms with van der Waals surface area (Å²) in [4.78, 5) is 13.8. The first kappa shape index (κ1) is 12.2.